The largest absolute Gasteiger partial charge is 0.467 e. The minimum atomic E-state index is -0.860. The zero-order chi connectivity index (χ0) is 21.1. The molecule has 158 valence electrons. The van der Waals surface area contributed by atoms with Gasteiger partial charge in [0.1, 0.15) is 17.8 Å². The van der Waals surface area contributed by atoms with Gasteiger partial charge in [0, 0.05) is 6.54 Å². The van der Waals surface area contributed by atoms with Crippen LogP contribution in [0, 0.1) is 5.92 Å². The number of imide groups is 1. The molecule has 2 aliphatic rings. The smallest absolute Gasteiger partial charge is 0.325 e. The van der Waals surface area contributed by atoms with Crippen LogP contribution in [0.3, 0.4) is 0 Å². The highest BCUT2D eigenvalue weighted by atomic mass is 16.3. The summed E-state index contributed by atoms with van der Waals surface area (Å²) in [7, 11) is 0. The SMILES string of the molecule is C[C@@H]1CCCC[C@@]12NC(=O)N(CC(=O)N(Cc1ccccc1)Cc1ccco1)C2=O. The summed E-state index contributed by atoms with van der Waals surface area (Å²) >= 11 is 0. The van der Waals surface area contributed by atoms with Crippen molar-refractivity contribution in [3.8, 4) is 0 Å². The molecule has 1 saturated carbocycles. The van der Waals surface area contributed by atoms with E-state index in [0.717, 1.165) is 29.7 Å². The van der Waals surface area contributed by atoms with Crippen LogP contribution in [0.5, 0.6) is 0 Å². The molecule has 1 spiro atoms. The molecule has 4 rings (SSSR count). The molecule has 0 radical (unpaired) electrons. The fraction of sp³-hybridized carbons (Fsp3) is 0.435. The van der Waals surface area contributed by atoms with Crippen LogP contribution in [-0.4, -0.2) is 39.7 Å². The van der Waals surface area contributed by atoms with Gasteiger partial charge in [0.05, 0.1) is 12.8 Å². The summed E-state index contributed by atoms with van der Waals surface area (Å²) in [4.78, 5) is 41.7. The van der Waals surface area contributed by atoms with Gasteiger partial charge in [-0.1, -0.05) is 50.1 Å². The first-order valence-electron chi connectivity index (χ1n) is 10.5. The maximum Gasteiger partial charge on any atom is 0.325 e. The molecule has 2 aromatic rings. The number of benzene rings is 1. The number of urea groups is 1. The molecule has 0 unspecified atom stereocenters. The van der Waals surface area contributed by atoms with Crippen molar-refractivity contribution in [1.29, 1.82) is 0 Å². The van der Waals surface area contributed by atoms with E-state index >= 15 is 0 Å². The minimum Gasteiger partial charge on any atom is -0.467 e. The van der Waals surface area contributed by atoms with Gasteiger partial charge >= 0.3 is 6.03 Å². The molecular weight excluding hydrogens is 382 g/mol. The second kappa shape index (κ2) is 8.34. The molecule has 7 heteroatoms. The van der Waals surface area contributed by atoms with Crippen molar-refractivity contribution in [3.63, 3.8) is 0 Å². The third-order valence-corrected chi connectivity index (χ3v) is 6.29. The van der Waals surface area contributed by atoms with E-state index < -0.39 is 11.6 Å². The molecule has 0 bridgehead atoms. The molecule has 1 aliphatic heterocycles. The van der Waals surface area contributed by atoms with Crippen molar-refractivity contribution in [1.82, 2.24) is 15.1 Å². The Hall–Kier alpha value is -3.09. The summed E-state index contributed by atoms with van der Waals surface area (Å²) in [5.41, 5.74) is 0.105. The van der Waals surface area contributed by atoms with Gasteiger partial charge < -0.3 is 14.6 Å². The Bertz CT molecular complexity index is 912. The number of carbonyl (C=O) groups is 3. The highest BCUT2D eigenvalue weighted by molar-refractivity contribution is 6.09. The number of nitrogens with zero attached hydrogens (tertiary/aromatic N) is 2. The first-order chi connectivity index (χ1) is 14.5. The van der Waals surface area contributed by atoms with Crippen LogP contribution < -0.4 is 5.32 Å². The standard InChI is InChI=1S/C23H27N3O4/c1-17-8-5-6-12-23(17)21(28)26(22(29)24-23)16-20(27)25(15-19-11-7-13-30-19)14-18-9-3-2-4-10-18/h2-4,7,9-11,13,17H,5-6,8,12,14-16H2,1H3,(H,24,29)/t17-,23-/m1/s1. The van der Waals surface area contributed by atoms with Crippen LogP contribution in [0.2, 0.25) is 0 Å². The zero-order valence-corrected chi connectivity index (χ0v) is 17.2. The zero-order valence-electron chi connectivity index (χ0n) is 17.2. The fourth-order valence-corrected chi connectivity index (χ4v) is 4.50. The topological polar surface area (TPSA) is 82.9 Å². The molecule has 2 heterocycles. The van der Waals surface area contributed by atoms with E-state index in [0.29, 0.717) is 18.7 Å². The average Bonchev–Trinajstić information content (AvgIpc) is 3.33. The fourth-order valence-electron chi connectivity index (χ4n) is 4.50. The average molecular weight is 409 g/mol. The van der Waals surface area contributed by atoms with Gasteiger partial charge in [-0.15, -0.1) is 0 Å². The molecule has 1 aliphatic carbocycles. The lowest BCUT2D eigenvalue weighted by atomic mass is 9.73. The number of nitrogens with one attached hydrogen (secondary N) is 1. The van der Waals surface area contributed by atoms with Gasteiger partial charge in [-0.3, -0.25) is 14.5 Å². The molecule has 7 nitrogen and oxygen atoms in total. The lowest BCUT2D eigenvalue weighted by Gasteiger charge is -2.36. The highest BCUT2D eigenvalue weighted by Gasteiger charge is 2.55. The highest BCUT2D eigenvalue weighted by Crippen LogP contribution is 2.38. The Kier molecular flexibility index (Phi) is 5.61. The Labute approximate surface area is 176 Å². The van der Waals surface area contributed by atoms with Crippen molar-refractivity contribution in [2.45, 2.75) is 51.2 Å². The molecule has 30 heavy (non-hydrogen) atoms. The molecule has 1 aromatic heterocycles. The molecule has 1 aromatic carbocycles. The molecular formula is C23H27N3O4. The third kappa shape index (κ3) is 3.84. The quantitative estimate of drug-likeness (QED) is 0.742. The summed E-state index contributed by atoms with van der Waals surface area (Å²) in [6.45, 7) is 2.37. The number of hydrogen-bond acceptors (Lipinski definition) is 4. The number of hydrogen-bond donors (Lipinski definition) is 1. The van der Waals surface area contributed by atoms with Gasteiger partial charge in [0.25, 0.3) is 5.91 Å². The van der Waals surface area contributed by atoms with Crippen LogP contribution in [-0.2, 0) is 22.7 Å². The van der Waals surface area contributed by atoms with E-state index in [4.69, 9.17) is 4.42 Å². The Morgan fingerprint density at radius 2 is 1.97 bits per heavy atom. The second-order valence-corrected chi connectivity index (χ2v) is 8.25. The normalized spacial score (nSPS) is 23.6. The summed E-state index contributed by atoms with van der Waals surface area (Å²) < 4.78 is 5.41. The van der Waals surface area contributed by atoms with Crippen LogP contribution in [0.25, 0.3) is 0 Å². The first-order valence-corrected chi connectivity index (χ1v) is 10.5. The van der Waals surface area contributed by atoms with Gasteiger partial charge in [-0.05, 0) is 36.5 Å². The predicted molar refractivity (Wildman–Crippen MR) is 110 cm³/mol. The summed E-state index contributed by atoms with van der Waals surface area (Å²) in [5.74, 6) is 0.144. The van der Waals surface area contributed by atoms with Crippen LogP contribution in [0.1, 0.15) is 43.9 Å². The second-order valence-electron chi connectivity index (χ2n) is 8.25. The van der Waals surface area contributed by atoms with Crippen molar-refractivity contribution in [3.05, 3.63) is 60.1 Å². The maximum absolute atomic E-state index is 13.2. The maximum atomic E-state index is 13.2. The first kappa shape index (κ1) is 20.2. The molecule has 2 atom stereocenters. The van der Waals surface area contributed by atoms with Gasteiger partial charge in [0.15, 0.2) is 0 Å². The number of furan rings is 1. The molecule has 1 N–H and O–H groups in total. The van der Waals surface area contributed by atoms with E-state index in [9.17, 15) is 14.4 Å². The summed E-state index contributed by atoms with van der Waals surface area (Å²) in [6.07, 6.45) is 5.04. The van der Waals surface area contributed by atoms with Crippen molar-refractivity contribution >= 4 is 17.8 Å². The van der Waals surface area contributed by atoms with E-state index in [1.54, 1.807) is 23.3 Å². The molecule has 2 fully saturated rings. The van der Waals surface area contributed by atoms with Gasteiger partial charge in [-0.2, -0.15) is 0 Å². The Morgan fingerprint density at radius 1 is 1.17 bits per heavy atom. The van der Waals surface area contributed by atoms with Crippen LogP contribution >= 0.6 is 0 Å². The Balaban J connectivity index is 1.51. The Morgan fingerprint density at radius 3 is 2.67 bits per heavy atom. The lowest BCUT2D eigenvalue weighted by molar-refractivity contribution is -0.141. The van der Waals surface area contributed by atoms with Crippen molar-refractivity contribution in [2.75, 3.05) is 6.54 Å². The summed E-state index contributed by atoms with van der Waals surface area (Å²) in [5, 5.41) is 2.91. The lowest BCUT2D eigenvalue weighted by Crippen LogP contribution is -2.54. The molecule has 1 saturated heterocycles. The van der Waals surface area contributed by atoms with Crippen molar-refractivity contribution < 1.29 is 18.8 Å². The van der Waals surface area contributed by atoms with E-state index in [1.807, 2.05) is 37.3 Å². The van der Waals surface area contributed by atoms with E-state index in [2.05, 4.69) is 5.32 Å². The van der Waals surface area contributed by atoms with Crippen LogP contribution in [0.15, 0.2) is 53.1 Å². The van der Waals surface area contributed by atoms with Crippen molar-refractivity contribution in [2.24, 2.45) is 5.92 Å². The van der Waals surface area contributed by atoms with E-state index in [1.165, 1.54) is 0 Å². The summed E-state index contributed by atoms with van der Waals surface area (Å²) in [6, 6.07) is 12.7. The predicted octanol–water partition coefficient (Wildman–Crippen LogP) is 3.31. The monoisotopic (exact) mass is 409 g/mol. The van der Waals surface area contributed by atoms with Gasteiger partial charge in [-0.25, -0.2) is 4.79 Å². The number of rotatable bonds is 6. The van der Waals surface area contributed by atoms with Crippen LogP contribution in [0.4, 0.5) is 4.79 Å². The number of carbonyl (C=O) groups excluding carboxylic acids is 3. The van der Waals surface area contributed by atoms with E-state index in [-0.39, 0.29) is 30.8 Å². The minimum absolute atomic E-state index is 0.0614. The number of amides is 4. The van der Waals surface area contributed by atoms with Gasteiger partial charge in [0.2, 0.25) is 5.91 Å². The third-order valence-electron chi connectivity index (χ3n) is 6.29. The molecule has 4 amide bonds.